The molecule has 36 heavy (non-hydrogen) atoms. The molecule has 0 radical (unpaired) electrons. The fourth-order valence-corrected chi connectivity index (χ4v) is 4.84. The van der Waals surface area contributed by atoms with Crippen molar-refractivity contribution in [1.29, 1.82) is 0 Å². The van der Waals surface area contributed by atoms with Crippen molar-refractivity contribution < 1.29 is 9.53 Å². The van der Waals surface area contributed by atoms with E-state index >= 15 is 0 Å². The second kappa shape index (κ2) is 8.76. The summed E-state index contributed by atoms with van der Waals surface area (Å²) in [5.41, 5.74) is 4.19. The highest BCUT2D eigenvalue weighted by molar-refractivity contribution is 6.31. The Morgan fingerprint density at radius 1 is 1.03 bits per heavy atom. The van der Waals surface area contributed by atoms with E-state index in [0.717, 1.165) is 22.4 Å². The second-order valence-corrected chi connectivity index (χ2v) is 9.10. The summed E-state index contributed by atoms with van der Waals surface area (Å²) in [5, 5.41) is 21.2. The number of aryl methyl sites for hydroxylation is 2. The number of benzene rings is 2. The molecule has 0 saturated heterocycles. The molecule has 9 nitrogen and oxygen atoms in total. The molecule has 10 heteroatoms. The van der Waals surface area contributed by atoms with Crippen LogP contribution in [-0.2, 0) is 11.4 Å². The Bertz CT molecular complexity index is 1620. The number of para-hydroxylation sites is 1. The van der Waals surface area contributed by atoms with Crippen molar-refractivity contribution in [1.82, 2.24) is 29.6 Å². The van der Waals surface area contributed by atoms with Crippen molar-refractivity contribution in [2.45, 2.75) is 32.8 Å². The molecule has 2 aromatic carbocycles. The second-order valence-electron chi connectivity index (χ2n) is 8.69. The maximum absolute atomic E-state index is 12.9. The highest BCUT2D eigenvalue weighted by Crippen LogP contribution is 2.43. The molecule has 0 aliphatic carbocycles. The molecule has 0 bridgehead atoms. The molecule has 0 saturated carbocycles. The third-order valence-electron chi connectivity index (χ3n) is 6.36. The average molecular weight is 500 g/mol. The number of carbonyl (C=O) groups excluding carboxylic acids is 1. The van der Waals surface area contributed by atoms with Crippen molar-refractivity contribution in [2.24, 2.45) is 0 Å². The molecule has 0 fully saturated rings. The Hall–Kier alpha value is -4.24. The number of nitrogens with one attached hydrogen (secondary N) is 1. The maximum atomic E-state index is 12.9. The van der Waals surface area contributed by atoms with Gasteiger partial charge in [-0.25, -0.2) is 0 Å². The molecule has 1 amide bonds. The van der Waals surface area contributed by atoms with Crippen LogP contribution in [0.5, 0.6) is 5.75 Å². The van der Waals surface area contributed by atoms with E-state index in [0.29, 0.717) is 40.5 Å². The SMILES string of the molecule is Cc1nn(-c2ccc3nnc(C)n3n2)c2c1C(c1ccccc1OCc1ccccc1Cl)CC(=O)N2. The molecule has 3 aromatic heterocycles. The molecule has 0 spiro atoms. The Balaban J connectivity index is 1.41. The first kappa shape index (κ1) is 22.2. The standard InChI is InChI=1S/C26H22ClN7O2/c1-15-25-19(18-8-4-6-10-21(18)36-14-17-7-3-5-9-20(17)27)13-24(35)28-26(25)34(31-15)23-12-11-22-30-29-16(2)33(22)32-23/h3-12,19H,13-14H2,1-2H3,(H,28,35). The molecule has 1 unspecified atom stereocenters. The topological polar surface area (TPSA) is 99.2 Å². The Labute approximate surface area is 211 Å². The van der Waals surface area contributed by atoms with Crippen molar-refractivity contribution in [3.8, 4) is 11.6 Å². The number of halogens is 1. The van der Waals surface area contributed by atoms with Gasteiger partial charge in [-0.05, 0) is 38.1 Å². The van der Waals surface area contributed by atoms with Crippen LogP contribution >= 0.6 is 11.6 Å². The van der Waals surface area contributed by atoms with E-state index in [9.17, 15) is 4.79 Å². The smallest absolute Gasteiger partial charge is 0.226 e. The molecular formula is C26H22ClN7O2. The van der Waals surface area contributed by atoms with Crippen LogP contribution in [0, 0.1) is 13.8 Å². The monoisotopic (exact) mass is 499 g/mol. The minimum atomic E-state index is -0.231. The lowest BCUT2D eigenvalue weighted by atomic mass is 9.85. The largest absolute Gasteiger partial charge is 0.489 e. The summed E-state index contributed by atoms with van der Waals surface area (Å²) in [7, 11) is 0. The highest BCUT2D eigenvalue weighted by Gasteiger charge is 2.34. The summed E-state index contributed by atoms with van der Waals surface area (Å²) in [6, 6.07) is 19.0. The maximum Gasteiger partial charge on any atom is 0.226 e. The molecular weight excluding hydrogens is 478 g/mol. The lowest BCUT2D eigenvalue weighted by Gasteiger charge is -2.26. The number of ether oxygens (including phenoxy) is 1. The van der Waals surface area contributed by atoms with Crippen molar-refractivity contribution in [3.63, 3.8) is 0 Å². The number of fused-ring (bicyclic) bond motifs is 2. The van der Waals surface area contributed by atoms with E-state index in [4.69, 9.17) is 21.4 Å². The van der Waals surface area contributed by atoms with E-state index in [2.05, 4.69) is 20.6 Å². The predicted octanol–water partition coefficient (Wildman–Crippen LogP) is 4.63. The first-order valence-corrected chi connectivity index (χ1v) is 11.9. The van der Waals surface area contributed by atoms with Crippen LogP contribution in [0.4, 0.5) is 5.82 Å². The number of hydrogen-bond acceptors (Lipinski definition) is 6. The molecule has 1 atom stereocenters. The van der Waals surface area contributed by atoms with Crippen molar-refractivity contribution >= 4 is 29.0 Å². The fraction of sp³-hybridized carbons (Fsp3) is 0.192. The van der Waals surface area contributed by atoms with Crippen LogP contribution in [-0.4, -0.2) is 35.5 Å². The lowest BCUT2D eigenvalue weighted by Crippen LogP contribution is -2.25. The van der Waals surface area contributed by atoms with Gasteiger partial charge in [-0.15, -0.1) is 15.3 Å². The van der Waals surface area contributed by atoms with Gasteiger partial charge in [-0.1, -0.05) is 48.0 Å². The normalized spacial score (nSPS) is 15.1. The quantitative estimate of drug-likeness (QED) is 0.378. The van der Waals surface area contributed by atoms with Gasteiger partial charge in [0.2, 0.25) is 5.91 Å². The van der Waals surface area contributed by atoms with Gasteiger partial charge in [-0.2, -0.15) is 14.3 Å². The lowest BCUT2D eigenvalue weighted by molar-refractivity contribution is -0.116. The Kier molecular flexibility index (Phi) is 5.41. The predicted molar refractivity (Wildman–Crippen MR) is 135 cm³/mol. The zero-order chi connectivity index (χ0) is 24.8. The van der Waals surface area contributed by atoms with Gasteiger partial charge >= 0.3 is 0 Å². The Morgan fingerprint density at radius 2 is 1.83 bits per heavy atom. The number of anilines is 1. The molecule has 5 aromatic rings. The highest BCUT2D eigenvalue weighted by atomic mass is 35.5. The van der Waals surface area contributed by atoms with E-state index in [-0.39, 0.29) is 18.2 Å². The van der Waals surface area contributed by atoms with Crippen LogP contribution in [0.1, 0.15) is 40.5 Å². The number of amides is 1. The number of hydrogen-bond donors (Lipinski definition) is 1. The zero-order valence-corrected chi connectivity index (χ0v) is 20.4. The summed E-state index contributed by atoms with van der Waals surface area (Å²) < 4.78 is 9.54. The number of aromatic nitrogens is 6. The van der Waals surface area contributed by atoms with Crippen LogP contribution < -0.4 is 10.1 Å². The van der Waals surface area contributed by atoms with E-state index in [1.54, 1.807) is 9.20 Å². The third kappa shape index (κ3) is 3.77. The van der Waals surface area contributed by atoms with Crippen molar-refractivity contribution in [3.05, 3.63) is 93.9 Å². The number of nitrogens with zero attached hydrogens (tertiary/aromatic N) is 6. The van der Waals surface area contributed by atoms with Gasteiger partial charge in [0.25, 0.3) is 0 Å². The van der Waals surface area contributed by atoms with E-state index < -0.39 is 0 Å². The van der Waals surface area contributed by atoms with Gasteiger partial charge in [0, 0.05) is 34.1 Å². The summed E-state index contributed by atoms with van der Waals surface area (Å²) >= 11 is 6.33. The summed E-state index contributed by atoms with van der Waals surface area (Å²) in [4.78, 5) is 12.9. The molecule has 180 valence electrons. The third-order valence-corrected chi connectivity index (χ3v) is 6.73. The van der Waals surface area contributed by atoms with E-state index in [1.165, 1.54) is 0 Å². The molecule has 6 rings (SSSR count). The van der Waals surface area contributed by atoms with Gasteiger partial charge < -0.3 is 10.1 Å². The summed E-state index contributed by atoms with van der Waals surface area (Å²) in [6.07, 6.45) is 0.281. The van der Waals surface area contributed by atoms with Crippen LogP contribution in [0.25, 0.3) is 11.5 Å². The molecule has 1 aliphatic rings. The Morgan fingerprint density at radius 3 is 2.69 bits per heavy atom. The van der Waals surface area contributed by atoms with Crippen LogP contribution in [0.15, 0.2) is 60.7 Å². The molecule has 1 N–H and O–H groups in total. The number of carbonyl (C=O) groups is 1. The van der Waals surface area contributed by atoms with Gasteiger partial charge in [-0.3, -0.25) is 4.79 Å². The van der Waals surface area contributed by atoms with Crippen molar-refractivity contribution in [2.75, 3.05) is 5.32 Å². The summed E-state index contributed by atoms with van der Waals surface area (Å²) in [5.74, 6) is 2.19. The number of rotatable bonds is 5. The summed E-state index contributed by atoms with van der Waals surface area (Å²) in [6.45, 7) is 4.09. The fourth-order valence-electron chi connectivity index (χ4n) is 4.65. The van der Waals surface area contributed by atoms with Gasteiger partial charge in [0.1, 0.15) is 18.2 Å². The first-order chi connectivity index (χ1) is 17.5. The first-order valence-electron chi connectivity index (χ1n) is 11.5. The van der Waals surface area contributed by atoms with Gasteiger partial charge in [0.15, 0.2) is 17.3 Å². The van der Waals surface area contributed by atoms with E-state index in [1.807, 2.05) is 74.5 Å². The molecule has 4 heterocycles. The minimum Gasteiger partial charge on any atom is -0.489 e. The zero-order valence-electron chi connectivity index (χ0n) is 19.6. The van der Waals surface area contributed by atoms with Gasteiger partial charge in [0.05, 0.1) is 5.69 Å². The molecule has 1 aliphatic heterocycles. The minimum absolute atomic E-state index is 0.101. The van der Waals surface area contributed by atoms with Crippen LogP contribution in [0.3, 0.4) is 0 Å². The average Bonchev–Trinajstić information content (AvgIpc) is 3.42. The van der Waals surface area contributed by atoms with Crippen LogP contribution in [0.2, 0.25) is 5.02 Å².